The molecular formula is C12H18N2O. The molecule has 1 fully saturated rings. The van der Waals surface area contributed by atoms with E-state index in [1.54, 1.807) is 13.3 Å². The smallest absolute Gasteiger partial charge is 0.137 e. The van der Waals surface area contributed by atoms with E-state index in [1.165, 1.54) is 12.8 Å². The summed E-state index contributed by atoms with van der Waals surface area (Å²) in [7, 11) is 1.65. The van der Waals surface area contributed by atoms with Crippen LogP contribution < -0.4 is 10.5 Å². The first-order valence-electron chi connectivity index (χ1n) is 5.47. The molecule has 1 aliphatic carbocycles. The zero-order chi connectivity index (χ0) is 10.8. The molecule has 3 nitrogen and oxygen atoms in total. The number of aromatic nitrogens is 1. The summed E-state index contributed by atoms with van der Waals surface area (Å²) in [6.45, 7) is 2.22. The van der Waals surface area contributed by atoms with Gasteiger partial charge in [0.05, 0.1) is 13.3 Å². The maximum absolute atomic E-state index is 6.21. The van der Waals surface area contributed by atoms with Crippen LogP contribution in [0.3, 0.4) is 0 Å². The highest BCUT2D eigenvalue weighted by Crippen LogP contribution is 2.41. The lowest BCUT2D eigenvalue weighted by Gasteiger charge is -2.19. The third-order valence-electron chi connectivity index (χ3n) is 3.29. The Morgan fingerprint density at radius 2 is 2.20 bits per heavy atom. The molecule has 82 valence electrons. The molecule has 2 N–H and O–H groups in total. The maximum Gasteiger partial charge on any atom is 0.137 e. The Morgan fingerprint density at radius 1 is 1.47 bits per heavy atom. The fraction of sp³-hybridized carbons (Fsp3) is 0.583. The fourth-order valence-corrected chi connectivity index (χ4v) is 1.95. The van der Waals surface area contributed by atoms with Crippen LogP contribution in [0.5, 0.6) is 5.75 Å². The van der Waals surface area contributed by atoms with E-state index in [-0.39, 0.29) is 6.04 Å². The van der Waals surface area contributed by atoms with E-state index >= 15 is 0 Å². The van der Waals surface area contributed by atoms with Gasteiger partial charge in [-0.2, -0.15) is 0 Å². The van der Waals surface area contributed by atoms with Crippen molar-refractivity contribution in [2.75, 3.05) is 7.11 Å². The lowest BCUT2D eigenvalue weighted by molar-refractivity contribution is 0.400. The minimum Gasteiger partial charge on any atom is -0.495 e. The molecule has 1 saturated carbocycles. The van der Waals surface area contributed by atoms with Gasteiger partial charge >= 0.3 is 0 Å². The molecule has 0 amide bonds. The predicted octanol–water partition coefficient (Wildman–Crippen LogP) is 2.14. The predicted molar refractivity (Wildman–Crippen MR) is 59.6 cm³/mol. The minimum atomic E-state index is 0.0834. The van der Waals surface area contributed by atoms with Gasteiger partial charge in [0.15, 0.2) is 0 Å². The number of hydrogen-bond acceptors (Lipinski definition) is 3. The third-order valence-corrected chi connectivity index (χ3v) is 3.29. The number of methoxy groups -OCH3 is 1. The summed E-state index contributed by atoms with van der Waals surface area (Å²) in [6.07, 6.45) is 6.20. The molecule has 2 atom stereocenters. The van der Waals surface area contributed by atoms with Crippen LogP contribution in [0.25, 0.3) is 0 Å². The Hall–Kier alpha value is -1.09. The molecule has 0 radical (unpaired) electrons. The summed E-state index contributed by atoms with van der Waals surface area (Å²) < 4.78 is 5.14. The Kier molecular flexibility index (Phi) is 2.91. The summed E-state index contributed by atoms with van der Waals surface area (Å²) in [5.74, 6) is 2.14. The van der Waals surface area contributed by atoms with Gasteiger partial charge in [0.1, 0.15) is 5.75 Å². The molecule has 1 aliphatic rings. The molecule has 1 heterocycles. The van der Waals surface area contributed by atoms with E-state index in [1.807, 2.05) is 12.3 Å². The molecule has 0 bridgehead atoms. The average molecular weight is 206 g/mol. The Labute approximate surface area is 90.7 Å². The third kappa shape index (κ3) is 2.29. The van der Waals surface area contributed by atoms with Gasteiger partial charge in [0, 0.05) is 12.2 Å². The SMILES string of the molecule is COc1cncc(C(N)C(C)C2CC2)c1. The van der Waals surface area contributed by atoms with E-state index in [2.05, 4.69) is 11.9 Å². The van der Waals surface area contributed by atoms with Crippen LogP contribution in [-0.2, 0) is 0 Å². The van der Waals surface area contributed by atoms with Crippen LogP contribution in [0.4, 0.5) is 0 Å². The summed E-state index contributed by atoms with van der Waals surface area (Å²) in [6, 6.07) is 2.07. The van der Waals surface area contributed by atoms with Gasteiger partial charge < -0.3 is 10.5 Å². The van der Waals surface area contributed by atoms with Crippen LogP contribution in [0, 0.1) is 11.8 Å². The standard InChI is InChI=1S/C12H18N2O/c1-8(9-3-4-9)12(13)10-5-11(15-2)7-14-6-10/h5-9,12H,3-4,13H2,1-2H3. The van der Waals surface area contributed by atoms with Gasteiger partial charge in [0.25, 0.3) is 0 Å². The van der Waals surface area contributed by atoms with Gasteiger partial charge in [-0.05, 0) is 36.3 Å². The first kappa shape index (κ1) is 10.4. The highest BCUT2D eigenvalue weighted by atomic mass is 16.5. The molecule has 2 rings (SSSR count). The van der Waals surface area contributed by atoms with Crippen LogP contribution in [-0.4, -0.2) is 12.1 Å². The zero-order valence-electron chi connectivity index (χ0n) is 9.31. The summed E-state index contributed by atoms with van der Waals surface area (Å²) in [5.41, 5.74) is 7.29. The maximum atomic E-state index is 6.21. The number of pyridine rings is 1. The molecule has 0 saturated heterocycles. The van der Waals surface area contributed by atoms with Crippen molar-refractivity contribution in [1.82, 2.24) is 4.98 Å². The first-order valence-corrected chi connectivity index (χ1v) is 5.47. The van der Waals surface area contributed by atoms with Gasteiger partial charge in [-0.1, -0.05) is 6.92 Å². The summed E-state index contributed by atoms with van der Waals surface area (Å²) in [5, 5.41) is 0. The summed E-state index contributed by atoms with van der Waals surface area (Å²) in [4.78, 5) is 4.13. The minimum absolute atomic E-state index is 0.0834. The van der Waals surface area contributed by atoms with Gasteiger partial charge in [-0.3, -0.25) is 4.98 Å². The highest BCUT2D eigenvalue weighted by molar-refractivity contribution is 5.26. The Morgan fingerprint density at radius 3 is 2.80 bits per heavy atom. The number of nitrogens with zero attached hydrogens (tertiary/aromatic N) is 1. The number of ether oxygens (including phenoxy) is 1. The van der Waals surface area contributed by atoms with Crippen molar-refractivity contribution in [3.05, 3.63) is 24.0 Å². The molecule has 15 heavy (non-hydrogen) atoms. The number of hydrogen-bond donors (Lipinski definition) is 1. The van der Waals surface area contributed by atoms with Crippen molar-refractivity contribution in [2.45, 2.75) is 25.8 Å². The van der Waals surface area contributed by atoms with Crippen LogP contribution in [0.15, 0.2) is 18.5 Å². The molecule has 1 aromatic rings. The average Bonchev–Trinajstić information content (AvgIpc) is 3.11. The van der Waals surface area contributed by atoms with Crippen molar-refractivity contribution in [2.24, 2.45) is 17.6 Å². The Balaban J connectivity index is 2.12. The number of rotatable bonds is 4. The molecular weight excluding hydrogens is 188 g/mol. The van der Waals surface area contributed by atoms with E-state index in [9.17, 15) is 0 Å². The first-order chi connectivity index (χ1) is 7.22. The van der Waals surface area contributed by atoms with Crippen molar-refractivity contribution in [3.8, 4) is 5.75 Å². The van der Waals surface area contributed by atoms with Crippen molar-refractivity contribution in [1.29, 1.82) is 0 Å². The second-order valence-electron chi connectivity index (χ2n) is 4.38. The lowest BCUT2D eigenvalue weighted by Crippen LogP contribution is -2.20. The second-order valence-corrected chi connectivity index (χ2v) is 4.38. The monoisotopic (exact) mass is 206 g/mol. The van der Waals surface area contributed by atoms with Crippen molar-refractivity contribution < 1.29 is 4.74 Å². The van der Waals surface area contributed by atoms with Crippen molar-refractivity contribution in [3.63, 3.8) is 0 Å². The molecule has 3 heteroatoms. The van der Waals surface area contributed by atoms with E-state index in [4.69, 9.17) is 10.5 Å². The normalized spacial score (nSPS) is 19.7. The topological polar surface area (TPSA) is 48.1 Å². The van der Waals surface area contributed by atoms with Crippen LogP contribution in [0.2, 0.25) is 0 Å². The fourth-order valence-electron chi connectivity index (χ4n) is 1.95. The largest absolute Gasteiger partial charge is 0.495 e. The quantitative estimate of drug-likeness (QED) is 0.821. The van der Waals surface area contributed by atoms with Gasteiger partial charge in [-0.15, -0.1) is 0 Å². The molecule has 0 spiro atoms. The van der Waals surface area contributed by atoms with E-state index in [0.29, 0.717) is 5.92 Å². The lowest BCUT2D eigenvalue weighted by atomic mass is 9.92. The summed E-state index contributed by atoms with van der Waals surface area (Å²) >= 11 is 0. The molecule has 0 aromatic carbocycles. The highest BCUT2D eigenvalue weighted by Gasteiger charge is 2.32. The van der Waals surface area contributed by atoms with Gasteiger partial charge in [0.2, 0.25) is 0 Å². The molecule has 2 unspecified atom stereocenters. The molecule has 1 aromatic heterocycles. The van der Waals surface area contributed by atoms with E-state index in [0.717, 1.165) is 17.2 Å². The van der Waals surface area contributed by atoms with Crippen LogP contribution >= 0.6 is 0 Å². The second kappa shape index (κ2) is 4.19. The Bertz CT molecular complexity index is 336. The van der Waals surface area contributed by atoms with Gasteiger partial charge in [-0.25, -0.2) is 0 Å². The zero-order valence-corrected chi connectivity index (χ0v) is 9.31. The molecule has 0 aliphatic heterocycles. The van der Waals surface area contributed by atoms with Crippen molar-refractivity contribution >= 4 is 0 Å². The number of nitrogens with two attached hydrogens (primary N) is 1. The van der Waals surface area contributed by atoms with Crippen LogP contribution in [0.1, 0.15) is 31.4 Å². The van der Waals surface area contributed by atoms with E-state index < -0.39 is 0 Å².